The van der Waals surface area contributed by atoms with E-state index in [1.807, 2.05) is 43.3 Å². The van der Waals surface area contributed by atoms with Gasteiger partial charge in [0.2, 0.25) is 5.95 Å². The first-order valence-electron chi connectivity index (χ1n) is 16.1. The van der Waals surface area contributed by atoms with Gasteiger partial charge in [-0.1, -0.05) is 72.7 Å². The van der Waals surface area contributed by atoms with E-state index >= 15 is 0 Å². The van der Waals surface area contributed by atoms with E-state index in [1.165, 1.54) is 11.1 Å². The third-order valence-electron chi connectivity index (χ3n) is 9.14. The van der Waals surface area contributed by atoms with Gasteiger partial charge in [-0.15, -0.1) is 0 Å². The number of aryl methyl sites for hydroxylation is 1. The first-order chi connectivity index (χ1) is 22.5. The summed E-state index contributed by atoms with van der Waals surface area (Å²) in [5.74, 6) is 1.42. The predicted molar refractivity (Wildman–Crippen MR) is 173 cm³/mol. The summed E-state index contributed by atoms with van der Waals surface area (Å²) in [6.45, 7) is 2.52. The van der Waals surface area contributed by atoms with Crippen LogP contribution in [0.5, 0.6) is 0 Å². The van der Waals surface area contributed by atoms with E-state index in [2.05, 4.69) is 45.0 Å². The standard InChI is InChI=1S/C34H40N8O4/c1-2-23-17-26(46-41-23)30-28(43)29(44)33(45-30)42-19-37-27-31(39-34(40-32(27)42)38-24-15-13-22(35)14-16-24)36-18-25(20-9-5-3-6-10-20)21-11-7-4-8-12-21/h3-12,17,19,22,24-25,28-30,33,43-44H,2,13-16,18,35H2,1H3,(H2,36,38,39,40)/t22?,24?,28-,29+,30+,33+/m0/s1. The van der Waals surface area contributed by atoms with E-state index in [0.717, 1.165) is 31.4 Å². The zero-order valence-corrected chi connectivity index (χ0v) is 25.7. The van der Waals surface area contributed by atoms with Gasteiger partial charge in [-0.3, -0.25) is 4.57 Å². The number of aromatic nitrogens is 5. The van der Waals surface area contributed by atoms with Gasteiger partial charge in [0.05, 0.1) is 12.0 Å². The number of anilines is 2. The zero-order chi connectivity index (χ0) is 31.6. The maximum Gasteiger partial charge on any atom is 0.227 e. The molecule has 1 aliphatic heterocycles. The van der Waals surface area contributed by atoms with Crippen molar-refractivity contribution in [3.05, 3.63) is 95.6 Å². The Morgan fingerprint density at radius 3 is 2.30 bits per heavy atom. The van der Waals surface area contributed by atoms with Gasteiger partial charge in [-0.25, -0.2) is 4.98 Å². The summed E-state index contributed by atoms with van der Waals surface area (Å²) >= 11 is 0. The number of fused-ring (bicyclic) bond motifs is 1. The second-order valence-electron chi connectivity index (χ2n) is 12.2. The fourth-order valence-corrected chi connectivity index (χ4v) is 6.49. The number of aliphatic hydroxyl groups is 2. The Morgan fingerprint density at radius 2 is 1.65 bits per heavy atom. The summed E-state index contributed by atoms with van der Waals surface area (Å²) in [6, 6.07) is 22.9. The Bertz CT molecular complexity index is 1700. The van der Waals surface area contributed by atoms with E-state index in [9.17, 15) is 10.2 Å². The Morgan fingerprint density at radius 1 is 0.957 bits per heavy atom. The van der Waals surface area contributed by atoms with Crippen molar-refractivity contribution in [2.24, 2.45) is 5.73 Å². The van der Waals surface area contributed by atoms with Gasteiger partial charge in [-0.05, 0) is 43.2 Å². The molecule has 0 radical (unpaired) electrons. The normalized spacial score (nSPS) is 24.9. The highest BCUT2D eigenvalue weighted by atomic mass is 16.6. The van der Waals surface area contributed by atoms with E-state index in [0.29, 0.717) is 41.7 Å². The van der Waals surface area contributed by atoms with Crippen LogP contribution in [0, 0.1) is 0 Å². The van der Waals surface area contributed by atoms with Gasteiger partial charge >= 0.3 is 0 Å². The molecule has 12 heteroatoms. The van der Waals surface area contributed by atoms with Crippen LogP contribution in [0.15, 0.2) is 77.6 Å². The van der Waals surface area contributed by atoms with Crippen LogP contribution in [0.1, 0.15) is 73.4 Å². The molecule has 4 heterocycles. The number of rotatable bonds is 10. The number of nitrogens with two attached hydrogens (primary N) is 1. The van der Waals surface area contributed by atoms with Crippen molar-refractivity contribution in [3.8, 4) is 0 Å². The van der Waals surface area contributed by atoms with E-state index in [-0.39, 0.29) is 18.0 Å². The van der Waals surface area contributed by atoms with Crippen LogP contribution in [0.25, 0.3) is 11.2 Å². The molecule has 5 aromatic rings. The molecule has 1 saturated carbocycles. The van der Waals surface area contributed by atoms with Crippen molar-refractivity contribution >= 4 is 22.9 Å². The summed E-state index contributed by atoms with van der Waals surface area (Å²) in [4.78, 5) is 14.5. The SMILES string of the molecule is CCc1cc([C@H]2O[C@@H](n3cnc4c(NCC(c5ccccc5)c5ccccc5)nc(NC5CCC(N)CC5)nc43)[C@H](O)[C@@H]2O)on1. The minimum absolute atomic E-state index is 0.0524. The second-order valence-corrected chi connectivity index (χ2v) is 12.2. The van der Waals surface area contributed by atoms with Crippen molar-refractivity contribution in [1.29, 1.82) is 0 Å². The zero-order valence-electron chi connectivity index (χ0n) is 25.7. The maximum absolute atomic E-state index is 11.2. The highest BCUT2D eigenvalue weighted by Crippen LogP contribution is 2.40. The number of hydrogen-bond donors (Lipinski definition) is 5. The van der Waals surface area contributed by atoms with Crippen molar-refractivity contribution in [3.63, 3.8) is 0 Å². The Hall–Kier alpha value is -4.36. The molecule has 46 heavy (non-hydrogen) atoms. The highest BCUT2D eigenvalue weighted by molar-refractivity contribution is 5.84. The summed E-state index contributed by atoms with van der Waals surface area (Å²) in [7, 11) is 0. The molecule has 6 N–H and O–H groups in total. The van der Waals surface area contributed by atoms with E-state index in [4.69, 9.17) is 25.0 Å². The fourth-order valence-electron chi connectivity index (χ4n) is 6.49. The van der Waals surface area contributed by atoms with Crippen LogP contribution < -0.4 is 16.4 Å². The van der Waals surface area contributed by atoms with Crippen LogP contribution in [-0.2, 0) is 11.2 Å². The average molecular weight is 625 g/mol. The Balaban J connectivity index is 1.23. The molecule has 2 aliphatic rings. The van der Waals surface area contributed by atoms with Crippen LogP contribution in [-0.4, -0.2) is 65.7 Å². The minimum atomic E-state index is -1.26. The number of benzene rings is 2. The number of ether oxygens (including phenoxy) is 1. The smallest absolute Gasteiger partial charge is 0.227 e. The van der Waals surface area contributed by atoms with Gasteiger partial charge in [0.25, 0.3) is 0 Å². The van der Waals surface area contributed by atoms with Crippen LogP contribution in [0.3, 0.4) is 0 Å². The molecular weight excluding hydrogens is 584 g/mol. The second kappa shape index (κ2) is 13.2. The number of nitrogens with one attached hydrogen (secondary N) is 2. The third kappa shape index (κ3) is 6.08. The van der Waals surface area contributed by atoms with Gasteiger partial charge in [0, 0.05) is 30.6 Å². The van der Waals surface area contributed by atoms with Crippen LogP contribution in [0.4, 0.5) is 11.8 Å². The van der Waals surface area contributed by atoms with E-state index in [1.54, 1.807) is 17.0 Å². The van der Waals surface area contributed by atoms with Gasteiger partial charge in [0.1, 0.15) is 18.3 Å². The number of imidazole rings is 1. The quantitative estimate of drug-likeness (QED) is 0.150. The lowest BCUT2D eigenvalue weighted by Crippen LogP contribution is -2.33. The Kier molecular flexibility index (Phi) is 8.67. The van der Waals surface area contributed by atoms with Crippen molar-refractivity contribution in [1.82, 2.24) is 24.7 Å². The van der Waals surface area contributed by atoms with Crippen molar-refractivity contribution < 1.29 is 19.5 Å². The molecule has 240 valence electrons. The lowest BCUT2D eigenvalue weighted by molar-refractivity contribution is -0.0434. The molecule has 12 nitrogen and oxygen atoms in total. The van der Waals surface area contributed by atoms with E-state index < -0.39 is 24.5 Å². The van der Waals surface area contributed by atoms with Gasteiger partial charge < -0.3 is 35.8 Å². The average Bonchev–Trinajstić information content (AvgIpc) is 3.81. The lowest BCUT2D eigenvalue weighted by atomic mass is 9.91. The molecule has 7 rings (SSSR count). The first-order valence-corrected chi connectivity index (χ1v) is 16.1. The topological polar surface area (TPSA) is 169 Å². The maximum atomic E-state index is 11.2. The number of hydrogen-bond acceptors (Lipinski definition) is 11. The monoisotopic (exact) mass is 624 g/mol. The Labute approximate surface area is 267 Å². The van der Waals surface area contributed by atoms with Gasteiger partial charge in [0.15, 0.2) is 29.0 Å². The highest BCUT2D eigenvalue weighted by Gasteiger charge is 2.47. The summed E-state index contributed by atoms with van der Waals surface area (Å²) < 4.78 is 13.3. The predicted octanol–water partition coefficient (Wildman–Crippen LogP) is 4.29. The molecule has 0 spiro atoms. The molecule has 1 aliphatic carbocycles. The van der Waals surface area contributed by atoms with Gasteiger partial charge in [-0.2, -0.15) is 9.97 Å². The number of nitrogens with zero attached hydrogens (tertiary/aromatic N) is 5. The molecule has 4 atom stereocenters. The van der Waals surface area contributed by atoms with Crippen molar-refractivity contribution in [2.75, 3.05) is 17.2 Å². The molecule has 2 fully saturated rings. The molecule has 0 unspecified atom stereocenters. The third-order valence-corrected chi connectivity index (χ3v) is 9.14. The number of aliphatic hydroxyl groups excluding tert-OH is 2. The van der Waals surface area contributed by atoms with Crippen molar-refractivity contribution in [2.45, 2.75) is 81.6 Å². The first kappa shape index (κ1) is 30.3. The molecule has 0 bridgehead atoms. The lowest BCUT2D eigenvalue weighted by Gasteiger charge is -2.27. The van der Waals surface area contributed by atoms with Crippen LogP contribution in [0.2, 0.25) is 0 Å². The molecule has 1 saturated heterocycles. The molecule has 0 amide bonds. The molecule has 3 aromatic heterocycles. The summed E-state index contributed by atoms with van der Waals surface area (Å²) in [5, 5.41) is 33.3. The largest absolute Gasteiger partial charge is 0.387 e. The minimum Gasteiger partial charge on any atom is -0.387 e. The summed E-state index contributed by atoms with van der Waals surface area (Å²) in [6.07, 6.45) is 1.59. The fraction of sp³-hybridized carbons (Fsp3) is 0.412. The summed E-state index contributed by atoms with van der Waals surface area (Å²) in [5.41, 5.74) is 10.2. The molecular formula is C34H40N8O4. The molecule has 2 aromatic carbocycles. The van der Waals surface area contributed by atoms with Crippen LogP contribution >= 0.6 is 0 Å².